The van der Waals surface area contributed by atoms with Crippen LogP contribution in [0, 0.1) is 5.82 Å². The van der Waals surface area contributed by atoms with E-state index in [1.165, 1.54) is 24.3 Å². The molecule has 128 valence electrons. The second-order valence-corrected chi connectivity index (χ2v) is 6.39. The number of likely N-dealkylation sites (tertiary alicyclic amines) is 1. The largest absolute Gasteiger partial charge is 0.341 e. The first-order valence-electron chi connectivity index (χ1n) is 8.10. The van der Waals surface area contributed by atoms with Crippen LogP contribution in [0.25, 0.3) is 0 Å². The maximum Gasteiger partial charge on any atom is 0.325 e. The minimum atomic E-state index is -1.28. The van der Waals surface area contributed by atoms with Gasteiger partial charge in [0.2, 0.25) is 5.91 Å². The molecule has 1 atom stereocenters. The number of urea groups is 1. The fourth-order valence-electron chi connectivity index (χ4n) is 3.20. The number of nitrogens with one attached hydrogen (secondary N) is 1. The molecule has 0 aromatic heterocycles. The fraction of sp³-hybridized carbons (Fsp3) is 0.471. The van der Waals surface area contributed by atoms with Gasteiger partial charge in [-0.1, -0.05) is 12.1 Å². The quantitative estimate of drug-likeness (QED) is 0.854. The number of hydrogen-bond acceptors (Lipinski definition) is 3. The number of piperidine rings is 1. The number of imide groups is 1. The van der Waals surface area contributed by atoms with E-state index in [0.717, 1.165) is 24.2 Å². The third-order valence-corrected chi connectivity index (χ3v) is 4.70. The molecule has 1 aromatic rings. The summed E-state index contributed by atoms with van der Waals surface area (Å²) in [5, 5.41) is 2.62. The molecule has 1 aromatic carbocycles. The Kier molecular flexibility index (Phi) is 4.26. The molecule has 0 spiro atoms. The van der Waals surface area contributed by atoms with Crippen LogP contribution in [0.15, 0.2) is 24.3 Å². The minimum Gasteiger partial charge on any atom is -0.341 e. The van der Waals surface area contributed by atoms with Gasteiger partial charge in [-0.3, -0.25) is 14.5 Å². The molecule has 7 heteroatoms. The highest BCUT2D eigenvalue weighted by Gasteiger charge is 2.49. The normalized spacial score (nSPS) is 24.2. The van der Waals surface area contributed by atoms with Crippen molar-refractivity contribution in [2.24, 2.45) is 0 Å². The summed E-state index contributed by atoms with van der Waals surface area (Å²) in [7, 11) is 0. The van der Waals surface area contributed by atoms with Crippen molar-refractivity contribution in [1.29, 1.82) is 0 Å². The van der Waals surface area contributed by atoms with Gasteiger partial charge in [-0.25, -0.2) is 9.18 Å². The topological polar surface area (TPSA) is 69.7 Å². The number of carbonyl (C=O) groups excluding carboxylic acids is 3. The second kappa shape index (κ2) is 6.22. The molecular formula is C17H20FN3O3. The average molecular weight is 333 g/mol. The maximum atomic E-state index is 13.1. The summed E-state index contributed by atoms with van der Waals surface area (Å²) >= 11 is 0. The number of rotatable bonds is 3. The van der Waals surface area contributed by atoms with Crippen LogP contribution in [-0.4, -0.2) is 47.3 Å². The van der Waals surface area contributed by atoms with Crippen molar-refractivity contribution in [3.05, 3.63) is 35.6 Å². The van der Waals surface area contributed by atoms with Gasteiger partial charge in [0, 0.05) is 13.1 Å². The molecule has 6 nitrogen and oxygen atoms in total. The van der Waals surface area contributed by atoms with Gasteiger partial charge in [0.15, 0.2) is 0 Å². The lowest BCUT2D eigenvalue weighted by Gasteiger charge is -2.28. The zero-order valence-corrected chi connectivity index (χ0v) is 13.5. The molecule has 24 heavy (non-hydrogen) atoms. The van der Waals surface area contributed by atoms with E-state index in [0.29, 0.717) is 18.7 Å². The van der Waals surface area contributed by atoms with Crippen molar-refractivity contribution in [2.45, 2.75) is 31.7 Å². The van der Waals surface area contributed by atoms with Crippen molar-refractivity contribution in [3.8, 4) is 0 Å². The van der Waals surface area contributed by atoms with Crippen molar-refractivity contribution >= 4 is 17.8 Å². The molecule has 3 rings (SSSR count). The monoisotopic (exact) mass is 333 g/mol. The smallest absolute Gasteiger partial charge is 0.325 e. The zero-order chi connectivity index (χ0) is 17.3. The maximum absolute atomic E-state index is 13.1. The van der Waals surface area contributed by atoms with Crippen LogP contribution in [0.4, 0.5) is 9.18 Å². The summed E-state index contributed by atoms with van der Waals surface area (Å²) in [5.41, 5.74) is -0.803. The van der Waals surface area contributed by atoms with Gasteiger partial charge in [0.05, 0.1) is 0 Å². The predicted molar refractivity (Wildman–Crippen MR) is 84.4 cm³/mol. The number of amides is 4. The lowest BCUT2D eigenvalue weighted by molar-refractivity contribution is -0.139. The van der Waals surface area contributed by atoms with Gasteiger partial charge in [0.25, 0.3) is 5.91 Å². The molecule has 0 aliphatic carbocycles. The molecule has 0 saturated carbocycles. The fourth-order valence-corrected chi connectivity index (χ4v) is 3.20. The van der Waals surface area contributed by atoms with Crippen LogP contribution >= 0.6 is 0 Å². The summed E-state index contributed by atoms with van der Waals surface area (Å²) in [5.74, 6) is -1.14. The molecule has 2 fully saturated rings. The number of carbonyl (C=O) groups is 3. The van der Waals surface area contributed by atoms with E-state index in [9.17, 15) is 18.8 Å². The molecule has 2 saturated heterocycles. The van der Waals surface area contributed by atoms with Crippen molar-refractivity contribution < 1.29 is 18.8 Å². The zero-order valence-electron chi connectivity index (χ0n) is 13.5. The van der Waals surface area contributed by atoms with Crippen molar-refractivity contribution in [2.75, 3.05) is 19.6 Å². The molecule has 0 unspecified atom stereocenters. The first-order chi connectivity index (χ1) is 11.4. The number of benzene rings is 1. The minimum absolute atomic E-state index is 0.221. The van der Waals surface area contributed by atoms with Gasteiger partial charge in [-0.05, 0) is 43.9 Å². The third-order valence-electron chi connectivity index (χ3n) is 4.70. The van der Waals surface area contributed by atoms with E-state index >= 15 is 0 Å². The van der Waals surface area contributed by atoms with Crippen LogP contribution < -0.4 is 5.32 Å². The summed E-state index contributed by atoms with van der Waals surface area (Å²) in [6.07, 6.45) is 2.98. The first-order valence-corrected chi connectivity index (χ1v) is 8.10. The van der Waals surface area contributed by atoms with Crippen LogP contribution in [-0.2, 0) is 15.1 Å². The van der Waals surface area contributed by atoms with Crippen LogP contribution in [0.2, 0.25) is 0 Å². The predicted octanol–water partition coefficient (Wildman–Crippen LogP) is 1.61. The van der Waals surface area contributed by atoms with Gasteiger partial charge in [0.1, 0.15) is 17.9 Å². The van der Waals surface area contributed by atoms with E-state index in [1.54, 1.807) is 11.8 Å². The molecule has 4 amide bonds. The van der Waals surface area contributed by atoms with E-state index in [-0.39, 0.29) is 12.5 Å². The van der Waals surface area contributed by atoms with E-state index in [1.807, 2.05) is 0 Å². The van der Waals surface area contributed by atoms with E-state index in [4.69, 9.17) is 0 Å². The first kappa shape index (κ1) is 16.4. The Labute approximate surface area is 139 Å². The molecular weight excluding hydrogens is 313 g/mol. The Balaban J connectivity index is 1.76. The third kappa shape index (κ3) is 2.86. The SMILES string of the molecule is C[C@@]1(c2ccc(F)cc2)NC(=O)N(CC(=O)N2CCCCC2)C1=O. The molecule has 2 aliphatic rings. The molecule has 2 aliphatic heterocycles. The lowest BCUT2D eigenvalue weighted by atomic mass is 9.92. The number of nitrogens with zero attached hydrogens (tertiary/aromatic N) is 2. The second-order valence-electron chi connectivity index (χ2n) is 6.39. The average Bonchev–Trinajstić information content (AvgIpc) is 2.80. The summed E-state index contributed by atoms with van der Waals surface area (Å²) in [4.78, 5) is 39.9. The summed E-state index contributed by atoms with van der Waals surface area (Å²) in [6, 6.07) is 4.80. The Bertz CT molecular complexity index is 670. The van der Waals surface area contributed by atoms with Crippen molar-refractivity contribution in [1.82, 2.24) is 15.1 Å². The Morgan fingerprint density at radius 2 is 1.79 bits per heavy atom. The standard InChI is InChI=1S/C17H20FN3O3/c1-17(12-5-7-13(18)8-6-12)15(23)21(16(24)19-17)11-14(22)20-9-3-2-4-10-20/h5-8H,2-4,9-11H2,1H3,(H,19,24)/t17-/m0/s1. The summed E-state index contributed by atoms with van der Waals surface area (Å²) < 4.78 is 13.1. The van der Waals surface area contributed by atoms with Gasteiger partial charge >= 0.3 is 6.03 Å². The van der Waals surface area contributed by atoms with Crippen LogP contribution in [0.5, 0.6) is 0 Å². The number of hydrogen-bond donors (Lipinski definition) is 1. The van der Waals surface area contributed by atoms with E-state index < -0.39 is 23.3 Å². The highest BCUT2D eigenvalue weighted by molar-refractivity contribution is 6.09. The van der Waals surface area contributed by atoms with Gasteiger partial charge in [-0.2, -0.15) is 0 Å². The highest BCUT2D eigenvalue weighted by Crippen LogP contribution is 2.29. The molecule has 0 radical (unpaired) electrons. The Morgan fingerprint density at radius 1 is 1.17 bits per heavy atom. The van der Waals surface area contributed by atoms with Crippen molar-refractivity contribution in [3.63, 3.8) is 0 Å². The van der Waals surface area contributed by atoms with Crippen LogP contribution in [0.3, 0.4) is 0 Å². The molecule has 0 bridgehead atoms. The Morgan fingerprint density at radius 3 is 2.42 bits per heavy atom. The van der Waals surface area contributed by atoms with Crippen LogP contribution in [0.1, 0.15) is 31.7 Å². The highest BCUT2D eigenvalue weighted by atomic mass is 19.1. The van der Waals surface area contributed by atoms with Gasteiger partial charge < -0.3 is 10.2 Å². The molecule has 2 heterocycles. The number of halogens is 1. The Hall–Kier alpha value is -2.44. The summed E-state index contributed by atoms with van der Waals surface area (Å²) in [6.45, 7) is 2.63. The lowest BCUT2D eigenvalue weighted by Crippen LogP contribution is -2.45. The van der Waals surface area contributed by atoms with Gasteiger partial charge in [-0.15, -0.1) is 0 Å². The van der Waals surface area contributed by atoms with E-state index in [2.05, 4.69) is 5.32 Å². The molecule has 1 N–H and O–H groups in total.